The van der Waals surface area contributed by atoms with Gasteiger partial charge in [0.15, 0.2) is 0 Å². The van der Waals surface area contributed by atoms with Crippen LogP contribution in [0.3, 0.4) is 0 Å². The highest BCUT2D eigenvalue weighted by atomic mass is 35.5. The first-order valence-corrected chi connectivity index (χ1v) is 6.79. The number of ether oxygens (including phenoxy) is 1. The molecule has 24 heavy (non-hydrogen) atoms. The summed E-state index contributed by atoms with van der Waals surface area (Å²) in [7, 11) is 1.30. The monoisotopic (exact) mass is 351 g/mol. The highest BCUT2D eigenvalue weighted by molar-refractivity contribution is 6.33. The van der Waals surface area contributed by atoms with E-state index in [0.717, 1.165) is 12.1 Å². The molecule has 0 atom stereocenters. The normalized spacial score (nSPS) is 10.1. The number of carbonyl (C=O) groups is 1. The molecule has 0 bridgehead atoms. The lowest BCUT2D eigenvalue weighted by atomic mass is 10.2. The van der Waals surface area contributed by atoms with E-state index in [1.807, 2.05) is 0 Å². The number of methoxy groups -OCH3 is 1. The molecule has 0 aliphatic carbocycles. The SMILES string of the molecule is COc1cc([N+](=O)[O-])ccc1NC(=O)c1ccc([N+](=O)[O-])c(Cl)c1. The molecule has 0 aliphatic heterocycles. The van der Waals surface area contributed by atoms with Crippen LogP contribution in [0.2, 0.25) is 5.02 Å². The number of nitro groups is 2. The number of rotatable bonds is 5. The van der Waals surface area contributed by atoms with Crippen LogP contribution in [0.4, 0.5) is 17.1 Å². The molecule has 10 heteroatoms. The third-order valence-corrected chi connectivity index (χ3v) is 3.35. The Balaban J connectivity index is 2.28. The van der Waals surface area contributed by atoms with Crippen LogP contribution in [0.5, 0.6) is 5.75 Å². The minimum Gasteiger partial charge on any atom is -0.494 e. The highest BCUT2D eigenvalue weighted by Crippen LogP contribution is 2.30. The number of halogens is 1. The van der Waals surface area contributed by atoms with Gasteiger partial charge in [-0.1, -0.05) is 11.6 Å². The predicted octanol–water partition coefficient (Wildman–Crippen LogP) is 3.42. The zero-order chi connectivity index (χ0) is 17.9. The van der Waals surface area contributed by atoms with Crippen LogP contribution in [0.1, 0.15) is 10.4 Å². The van der Waals surface area contributed by atoms with Gasteiger partial charge in [-0.3, -0.25) is 25.0 Å². The number of amides is 1. The molecule has 9 nitrogen and oxygen atoms in total. The fourth-order valence-corrected chi connectivity index (χ4v) is 2.14. The Bertz CT molecular complexity index is 839. The van der Waals surface area contributed by atoms with Crippen molar-refractivity contribution < 1.29 is 19.4 Å². The summed E-state index contributed by atoms with van der Waals surface area (Å²) >= 11 is 5.76. The van der Waals surface area contributed by atoms with E-state index in [0.29, 0.717) is 0 Å². The summed E-state index contributed by atoms with van der Waals surface area (Å²) in [4.78, 5) is 32.4. The standard InChI is InChI=1S/C14H10ClN3O6/c1-24-13-7-9(17(20)21)3-4-11(13)16-14(19)8-2-5-12(18(22)23)10(15)6-8/h2-7H,1H3,(H,16,19). The van der Waals surface area contributed by atoms with Crippen molar-refractivity contribution in [2.45, 2.75) is 0 Å². The van der Waals surface area contributed by atoms with E-state index < -0.39 is 15.8 Å². The van der Waals surface area contributed by atoms with Gasteiger partial charge in [0.05, 0.1) is 28.7 Å². The lowest BCUT2D eigenvalue weighted by Crippen LogP contribution is -2.13. The molecule has 124 valence electrons. The maximum Gasteiger partial charge on any atom is 0.287 e. The second kappa shape index (κ2) is 6.92. The Morgan fingerprint density at radius 3 is 2.38 bits per heavy atom. The molecular weight excluding hydrogens is 342 g/mol. The van der Waals surface area contributed by atoms with Crippen molar-refractivity contribution in [1.82, 2.24) is 0 Å². The molecule has 2 aromatic carbocycles. The van der Waals surface area contributed by atoms with Crippen molar-refractivity contribution in [1.29, 1.82) is 0 Å². The number of nitrogens with one attached hydrogen (secondary N) is 1. The molecule has 0 saturated carbocycles. The summed E-state index contributed by atoms with van der Waals surface area (Å²) in [5.74, 6) is -0.496. The third-order valence-electron chi connectivity index (χ3n) is 3.05. The molecule has 0 saturated heterocycles. The summed E-state index contributed by atoms with van der Waals surface area (Å²) in [6.45, 7) is 0. The maximum atomic E-state index is 12.2. The third kappa shape index (κ3) is 3.58. The van der Waals surface area contributed by atoms with Crippen LogP contribution < -0.4 is 10.1 Å². The Kier molecular flexibility index (Phi) is 4.95. The predicted molar refractivity (Wildman–Crippen MR) is 85.7 cm³/mol. The molecular formula is C14H10ClN3O6. The van der Waals surface area contributed by atoms with Crippen molar-refractivity contribution in [2.24, 2.45) is 0 Å². The summed E-state index contributed by atoms with van der Waals surface area (Å²) in [6, 6.07) is 7.22. The van der Waals surface area contributed by atoms with E-state index >= 15 is 0 Å². The Morgan fingerprint density at radius 2 is 1.83 bits per heavy atom. The number of nitrogens with zero attached hydrogens (tertiary/aromatic N) is 2. The molecule has 1 N–H and O–H groups in total. The fraction of sp³-hybridized carbons (Fsp3) is 0.0714. The first-order valence-electron chi connectivity index (χ1n) is 6.41. The second-order valence-electron chi connectivity index (χ2n) is 4.52. The van der Waals surface area contributed by atoms with E-state index in [1.54, 1.807) is 0 Å². The molecule has 2 aromatic rings. The van der Waals surface area contributed by atoms with Crippen molar-refractivity contribution in [3.8, 4) is 5.75 Å². The fourth-order valence-electron chi connectivity index (χ4n) is 1.89. The van der Waals surface area contributed by atoms with Crippen molar-refractivity contribution in [2.75, 3.05) is 12.4 Å². The molecule has 0 heterocycles. The summed E-state index contributed by atoms with van der Waals surface area (Å²) in [5.41, 5.74) is -0.210. The van der Waals surface area contributed by atoms with Gasteiger partial charge < -0.3 is 10.1 Å². The summed E-state index contributed by atoms with van der Waals surface area (Å²) < 4.78 is 5.01. The Morgan fingerprint density at radius 1 is 1.12 bits per heavy atom. The van der Waals surface area contributed by atoms with E-state index in [2.05, 4.69) is 5.32 Å². The molecule has 0 aromatic heterocycles. The summed E-state index contributed by atoms with van der Waals surface area (Å²) in [6.07, 6.45) is 0. The van der Waals surface area contributed by atoms with Gasteiger partial charge in [0, 0.05) is 17.7 Å². The lowest BCUT2D eigenvalue weighted by molar-refractivity contribution is -0.385. The minimum absolute atomic E-state index is 0.0889. The van der Waals surface area contributed by atoms with E-state index in [-0.39, 0.29) is 33.4 Å². The van der Waals surface area contributed by atoms with E-state index in [9.17, 15) is 25.0 Å². The van der Waals surface area contributed by atoms with Gasteiger partial charge in [-0.15, -0.1) is 0 Å². The number of hydrogen-bond donors (Lipinski definition) is 1. The number of anilines is 1. The van der Waals surface area contributed by atoms with Crippen LogP contribution in [0.25, 0.3) is 0 Å². The molecule has 0 fully saturated rings. The van der Waals surface area contributed by atoms with Crippen LogP contribution in [-0.4, -0.2) is 22.9 Å². The molecule has 2 rings (SSSR count). The quantitative estimate of drug-likeness (QED) is 0.650. The molecule has 1 amide bonds. The highest BCUT2D eigenvalue weighted by Gasteiger charge is 2.17. The van der Waals surface area contributed by atoms with Crippen molar-refractivity contribution in [3.63, 3.8) is 0 Å². The van der Waals surface area contributed by atoms with Gasteiger partial charge in [-0.25, -0.2) is 0 Å². The largest absolute Gasteiger partial charge is 0.494 e. The molecule has 0 spiro atoms. The van der Waals surface area contributed by atoms with E-state index in [1.165, 1.54) is 31.4 Å². The Labute approximate surface area is 140 Å². The Hall–Kier alpha value is -3.20. The number of nitro benzene ring substituents is 2. The van der Waals surface area contributed by atoms with Crippen LogP contribution >= 0.6 is 11.6 Å². The average Bonchev–Trinajstić information content (AvgIpc) is 2.54. The zero-order valence-electron chi connectivity index (χ0n) is 12.2. The van der Waals surface area contributed by atoms with Gasteiger partial charge in [-0.05, 0) is 18.2 Å². The van der Waals surface area contributed by atoms with Gasteiger partial charge in [-0.2, -0.15) is 0 Å². The maximum absolute atomic E-state index is 12.2. The number of hydrogen-bond acceptors (Lipinski definition) is 6. The molecule has 0 unspecified atom stereocenters. The first-order chi connectivity index (χ1) is 11.3. The van der Waals surface area contributed by atoms with Gasteiger partial charge in [0.25, 0.3) is 17.3 Å². The van der Waals surface area contributed by atoms with Crippen LogP contribution in [-0.2, 0) is 0 Å². The van der Waals surface area contributed by atoms with Gasteiger partial charge >= 0.3 is 0 Å². The number of carbonyl (C=O) groups excluding carboxylic acids is 1. The average molecular weight is 352 g/mol. The zero-order valence-corrected chi connectivity index (χ0v) is 12.9. The van der Waals surface area contributed by atoms with Gasteiger partial charge in [0.2, 0.25) is 0 Å². The van der Waals surface area contributed by atoms with Crippen molar-refractivity contribution >= 4 is 34.6 Å². The topological polar surface area (TPSA) is 125 Å². The number of benzene rings is 2. The van der Waals surface area contributed by atoms with Crippen LogP contribution in [0.15, 0.2) is 36.4 Å². The van der Waals surface area contributed by atoms with E-state index in [4.69, 9.17) is 16.3 Å². The molecule has 0 radical (unpaired) electrons. The minimum atomic E-state index is -0.663. The molecule has 0 aliphatic rings. The van der Waals surface area contributed by atoms with Crippen LogP contribution in [0, 0.1) is 20.2 Å². The van der Waals surface area contributed by atoms with Crippen molar-refractivity contribution in [3.05, 3.63) is 67.2 Å². The number of non-ortho nitro benzene ring substituents is 1. The first kappa shape index (κ1) is 17.2. The summed E-state index contributed by atoms with van der Waals surface area (Å²) in [5, 5.41) is 23.8. The smallest absolute Gasteiger partial charge is 0.287 e. The van der Waals surface area contributed by atoms with Gasteiger partial charge in [0.1, 0.15) is 10.8 Å². The second-order valence-corrected chi connectivity index (χ2v) is 4.93. The lowest BCUT2D eigenvalue weighted by Gasteiger charge is -2.10.